The maximum atomic E-state index is 3.82. The van der Waals surface area contributed by atoms with Gasteiger partial charge in [-0.15, -0.1) is 6.58 Å². The predicted molar refractivity (Wildman–Crippen MR) is 72.6 cm³/mol. The highest BCUT2D eigenvalue weighted by Crippen LogP contribution is 2.34. The Labute approximate surface area is 102 Å². The molecular weight excluding hydrogens is 194 g/mol. The Balaban J connectivity index is 2.29. The molecule has 0 saturated heterocycles. The van der Waals surface area contributed by atoms with Gasteiger partial charge in [-0.05, 0) is 44.6 Å². The average molecular weight is 223 g/mol. The van der Waals surface area contributed by atoms with Gasteiger partial charge in [0.15, 0.2) is 0 Å². The fourth-order valence-electron chi connectivity index (χ4n) is 3.20. The van der Waals surface area contributed by atoms with Crippen molar-refractivity contribution in [1.82, 2.24) is 5.32 Å². The molecule has 0 aromatic heterocycles. The highest BCUT2D eigenvalue weighted by Gasteiger charge is 2.25. The lowest BCUT2D eigenvalue weighted by Crippen LogP contribution is -2.35. The first-order valence-corrected chi connectivity index (χ1v) is 7.10. The molecule has 1 saturated carbocycles. The third kappa shape index (κ3) is 4.29. The maximum absolute atomic E-state index is 3.82. The second kappa shape index (κ2) is 7.89. The Kier molecular flexibility index (Phi) is 6.79. The van der Waals surface area contributed by atoms with Gasteiger partial charge in [-0.2, -0.15) is 0 Å². The van der Waals surface area contributed by atoms with Crippen LogP contribution in [0.4, 0.5) is 0 Å². The van der Waals surface area contributed by atoms with Crippen LogP contribution in [-0.4, -0.2) is 13.1 Å². The second-order valence-electron chi connectivity index (χ2n) is 5.33. The van der Waals surface area contributed by atoms with Gasteiger partial charge in [0.1, 0.15) is 0 Å². The zero-order valence-electron chi connectivity index (χ0n) is 11.2. The van der Waals surface area contributed by atoms with Crippen LogP contribution < -0.4 is 5.32 Å². The van der Waals surface area contributed by atoms with Gasteiger partial charge in [-0.1, -0.05) is 38.7 Å². The SMILES string of the molecule is C=CCCC(NC)C1CCC(CCC)CC1. The minimum Gasteiger partial charge on any atom is -0.317 e. The first-order valence-electron chi connectivity index (χ1n) is 7.10. The monoisotopic (exact) mass is 223 g/mol. The van der Waals surface area contributed by atoms with Crippen molar-refractivity contribution in [2.24, 2.45) is 11.8 Å². The van der Waals surface area contributed by atoms with Crippen LogP contribution in [0.1, 0.15) is 58.3 Å². The zero-order valence-corrected chi connectivity index (χ0v) is 11.2. The summed E-state index contributed by atoms with van der Waals surface area (Å²) in [5, 5.41) is 3.51. The third-order valence-electron chi connectivity index (χ3n) is 4.21. The maximum Gasteiger partial charge on any atom is 0.00952 e. The van der Waals surface area contributed by atoms with Crippen LogP contribution in [0.25, 0.3) is 0 Å². The number of hydrogen-bond donors (Lipinski definition) is 1. The van der Waals surface area contributed by atoms with E-state index in [0.717, 1.165) is 24.3 Å². The lowest BCUT2D eigenvalue weighted by Gasteiger charge is -2.33. The molecule has 0 aromatic carbocycles. The van der Waals surface area contributed by atoms with Crippen molar-refractivity contribution in [3.63, 3.8) is 0 Å². The summed E-state index contributed by atoms with van der Waals surface area (Å²) in [5.41, 5.74) is 0. The van der Waals surface area contributed by atoms with Gasteiger partial charge in [0, 0.05) is 6.04 Å². The van der Waals surface area contributed by atoms with Crippen LogP contribution >= 0.6 is 0 Å². The first-order chi connectivity index (χ1) is 7.81. The molecule has 0 aromatic rings. The molecule has 0 spiro atoms. The molecule has 0 heterocycles. The van der Waals surface area contributed by atoms with E-state index in [9.17, 15) is 0 Å². The molecule has 1 unspecified atom stereocenters. The van der Waals surface area contributed by atoms with Crippen LogP contribution in [0.3, 0.4) is 0 Å². The largest absolute Gasteiger partial charge is 0.317 e. The average Bonchev–Trinajstić information content (AvgIpc) is 2.32. The van der Waals surface area contributed by atoms with Gasteiger partial charge in [0.05, 0.1) is 0 Å². The van der Waals surface area contributed by atoms with Gasteiger partial charge < -0.3 is 5.32 Å². The van der Waals surface area contributed by atoms with E-state index in [1.54, 1.807) is 0 Å². The highest BCUT2D eigenvalue weighted by molar-refractivity contribution is 4.83. The van der Waals surface area contributed by atoms with Crippen molar-refractivity contribution in [2.75, 3.05) is 7.05 Å². The van der Waals surface area contributed by atoms with Crippen molar-refractivity contribution in [3.05, 3.63) is 12.7 Å². The molecule has 1 nitrogen and oxygen atoms in total. The van der Waals surface area contributed by atoms with E-state index >= 15 is 0 Å². The Morgan fingerprint density at radius 1 is 1.31 bits per heavy atom. The lowest BCUT2D eigenvalue weighted by molar-refractivity contribution is 0.213. The van der Waals surface area contributed by atoms with Gasteiger partial charge in [0.2, 0.25) is 0 Å². The van der Waals surface area contributed by atoms with E-state index in [1.165, 1.54) is 44.9 Å². The van der Waals surface area contributed by atoms with Crippen LogP contribution in [0.5, 0.6) is 0 Å². The molecule has 1 fully saturated rings. The fourth-order valence-corrected chi connectivity index (χ4v) is 3.20. The zero-order chi connectivity index (χ0) is 11.8. The Morgan fingerprint density at radius 3 is 2.50 bits per heavy atom. The van der Waals surface area contributed by atoms with Crippen molar-refractivity contribution < 1.29 is 0 Å². The molecule has 0 amide bonds. The smallest absolute Gasteiger partial charge is 0.00952 e. The molecule has 1 N–H and O–H groups in total. The molecular formula is C15H29N. The Bertz CT molecular complexity index is 180. The summed E-state index contributed by atoms with van der Waals surface area (Å²) in [4.78, 5) is 0. The van der Waals surface area contributed by atoms with E-state index in [4.69, 9.17) is 0 Å². The van der Waals surface area contributed by atoms with Crippen molar-refractivity contribution in [1.29, 1.82) is 0 Å². The molecule has 0 aliphatic heterocycles. The predicted octanol–water partition coefficient (Wildman–Crippen LogP) is 4.15. The topological polar surface area (TPSA) is 12.0 Å². The normalized spacial score (nSPS) is 27.6. The summed E-state index contributed by atoms with van der Waals surface area (Å²) in [7, 11) is 2.12. The van der Waals surface area contributed by atoms with Crippen molar-refractivity contribution in [2.45, 2.75) is 64.3 Å². The van der Waals surface area contributed by atoms with Crippen molar-refractivity contribution >= 4 is 0 Å². The van der Waals surface area contributed by atoms with Crippen LogP contribution in [0.15, 0.2) is 12.7 Å². The first kappa shape index (κ1) is 13.8. The molecule has 1 aliphatic rings. The van der Waals surface area contributed by atoms with E-state index in [-0.39, 0.29) is 0 Å². The second-order valence-corrected chi connectivity index (χ2v) is 5.33. The van der Waals surface area contributed by atoms with E-state index in [1.807, 2.05) is 6.08 Å². The van der Waals surface area contributed by atoms with E-state index in [0.29, 0.717) is 0 Å². The number of allylic oxidation sites excluding steroid dienone is 1. The standard InChI is InChI=1S/C15H29N/c1-4-6-8-15(16-3)14-11-9-13(7-5-2)10-12-14/h4,13-16H,1,5-12H2,2-3H3. The van der Waals surface area contributed by atoms with Gasteiger partial charge >= 0.3 is 0 Å². The number of hydrogen-bond acceptors (Lipinski definition) is 1. The van der Waals surface area contributed by atoms with Crippen LogP contribution in [-0.2, 0) is 0 Å². The lowest BCUT2D eigenvalue weighted by atomic mass is 9.76. The molecule has 1 heteroatoms. The van der Waals surface area contributed by atoms with Gasteiger partial charge in [-0.3, -0.25) is 0 Å². The summed E-state index contributed by atoms with van der Waals surface area (Å²) >= 11 is 0. The minimum absolute atomic E-state index is 0.723. The Morgan fingerprint density at radius 2 is 2.00 bits per heavy atom. The third-order valence-corrected chi connectivity index (χ3v) is 4.21. The van der Waals surface area contributed by atoms with Gasteiger partial charge in [-0.25, -0.2) is 0 Å². The molecule has 0 bridgehead atoms. The number of nitrogens with one attached hydrogen (secondary N) is 1. The molecule has 1 atom stereocenters. The fraction of sp³-hybridized carbons (Fsp3) is 0.867. The highest BCUT2D eigenvalue weighted by atomic mass is 14.9. The minimum atomic E-state index is 0.723. The summed E-state index contributed by atoms with van der Waals surface area (Å²) < 4.78 is 0. The molecule has 16 heavy (non-hydrogen) atoms. The van der Waals surface area contributed by atoms with Crippen molar-refractivity contribution in [3.8, 4) is 0 Å². The summed E-state index contributed by atoms with van der Waals surface area (Å²) in [6.07, 6.45) is 13.1. The summed E-state index contributed by atoms with van der Waals surface area (Å²) in [6, 6.07) is 0.723. The molecule has 1 aliphatic carbocycles. The molecule has 1 rings (SSSR count). The summed E-state index contributed by atoms with van der Waals surface area (Å²) in [5.74, 6) is 1.94. The van der Waals surface area contributed by atoms with Crippen LogP contribution in [0.2, 0.25) is 0 Å². The van der Waals surface area contributed by atoms with E-state index < -0.39 is 0 Å². The summed E-state index contributed by atoms with van der Waals surface area (Å²) in [6.45, 7) is 6.13. The number of rotatable bonds is 7. The van der Waals surface area contributed by atoms with E-state index in [2.05, 4.69) is 25.9 Å². The molecule has 0 radical (unpaired) electrons. The Hall–Kier alpha value is -0.300. The van der Waals surface area contributed by atoms with Gasteiger partial charge in [0.25, 0.3) is 0 Å². The van der Waals surface area contributed by atoms with Crippen LogP contribution in [0, 0.1) is 11.8 Å². The quantitative estimate of drug-likeness (QED) is 0.639. The molecule has 94 valence electrons.